The number of carboxylic acids is 1. The number of hydrogen-bond donors (Lipinski definition) is 1. The first kappa shape index (κ1) is 19.4. The number of nitrogens with zero attached hydrogens (tertiary/aromatic N) is 2. The van der Waals surface area contributed by atoms with Gasteiger partial charge >= 0.3 is 5.97 Å². The van der Waals surface area contributed by atoms with Crippen molar-refractivity contribution in [2.75, 3.05) is 26.2 Å². The second kappa shape index (κ2) is 8.55. The van der Waals surface area contributed by atoms with E-state index < -0.39 is 5.97 Å². The highest BCUT2D eigenvalue weighted by atomic mass is 16.4. The van der Waals surface area contributed by atoms with E-state index in [4.69, 9.17) is 5.11 Å². The van der Waals surface area contributed by atoms with Crippen LogP contribution in [0.15, 0.2) is 24.3 Å². The summed E-state index contributed by atoms with van der Waals surface area (Å²) in [5.74, 6) is -0.875. The molecule has 6 nitrogen and oxygen atoms in total. The number of rotatable bonds is 4. The molecule has 0 bridgehead atoms. The van der Waals surface area contributed by atoms with Crippen molar-refractivity contribution in [1.29, 1.82) is 0 Å². The summed E-state index contributed by atoms with van der Waals surface area (Å²) in [6.45, 7) is 4.30. The van der Waals surface area contributed by atoms with Gasteiger partial charge in [0, 0.05) is 32.1 Å². The van der Waals surface area contributed by atoms with Crippen LogP contribution < -0.4 is 0 Å². The Bertz CT molecular complexity index is 685. The van der Waals surface area contributed by atoms with Crippen LogP contribution in [0.5, 0.6) is 0 Å². The lowest BCUT2D eigenvalue weighted by molar-refractivity contribution is -0.146. The maximum atomic E-state index is 12.7. The topological polar surface area (TPSA) is 77.9 Å². The molecule has 1 aliphatic carbocycles. The van der Waals surface area contributed by atoms with E-state index in [0.717, 1.165) is 5.56 Å². The number of carboxylic acid groups (broad SMARTS) is 1. The highest BCUT2D eigenvalue weighted by molar-refractivity contribution is 5.81. The summed E-state index contributed by atoms with van der Waals surface area (Å²) in [7, 11) is 0. The molecule has 0 atom stereocenters. The zero-order valence-electron chi connectivity index (χ0n) is 15.9. The number of carbonyl (C=O) groups excluding carboxylic acids is 2. The van der Waals surface area contributed by atoms with Crippen LogP contribution in [0, 0.1) is 18.8 Å². The van der Waals surface area contributed by atoms with Crippen LogP contribution in [0.25, 0.3) is 0 Å². The van der Waals surface area contributed by atoms with Gasteiger partial charge in [0.1, 0.15) is 0 Å². The molecule has 2 fully saturated rings. The summed E-state index contributed by atoms with van der Waals surface area (Å²) < 4.78 is 0. The fraction of sp³-hybridized carbons (Fsp3) is 0.571. The summed E-state index contributed by atoms with van der Waals surface area (Å²) in [6, 6.07) is 8.00. The van der Waals surface area contributed by atoms with Crippen LogP contribution in [0.1, 0.15) is 36.8 Å². The highest BCUT2D eigenvalue weighted by Crippen LogP contribution is 2.30. The SMILES string of the molecule is Cc1ccc(CC(=O)N2CCN(C(=O)C3CCC(C(=O)O)CC3)CC2)cc1. The molecule has 146 valence electrons. The van der Waals surface area contributed by atoms with Gasteiger partial charge in [0.25, 0.3) is 0 Å². The number of aryl methyl sites for hydroxylation is 1. The van der Waals surface area contributed by atoms with E-state index >= 15 is 0 Å². The van der Waals surface area contributed by atoms with E-state index in [-0.39, 0.29) is 23.7 Å². The molecule has 0 unspecified atom stereocenters. The van der Waals surface area contributed by atoms with E-state index in [1.165, 1.54) is 5.56 Å². The van der Waals surface area contributed by atoms with Gasteiger partial charge in [-0.05, 0) is 38.2 Å². The van der Waals surface area contributed by atoms with Crippen molar-refractivity contribution in [2.45, 2.75) is 39.0 Å². The number of aliphatic carboxylic acids is 1. The molecule has 0 spiro atoms. The molecule has 0 aromatic heterocycles. The van der Waals surface area contributed by atoms with Crippen molar-refractivity contribution in [3.63, 3.8) is 0 Å². The molecule has 3 rings (SSSR count). The van der Waals surface area contributed by atoms with Crippen molar-refractivity contribution in [3.05, 3.63) is 35.4 Å². The Hall–Kier alpha value is -2.37. The molecule has 1 aromatic carbocycles. The Kier molecular flexibility index (Phi) is 6.14. The number of piperazine rings is 1. The van der Waals surface area contributed by atoms with E-state index in [0.29, 0.717) is 58.3 Å². The predicted octanol–water partition coefficient (Wildman–Crippen LogP) is 2.10. The standard InChI is InChI=1S/C21H28N2O4/c1-15-2-4-16(5-3-15)14-19(24)22-10-12-23(13-11-22)20(25)17-6-8-18(9-7-17)21(26)27/h2-5,17-18H,6-14H2,1H3,(H,26,27). The first-order valence-electron chi connectivity index (χ1n) is 9.79. The van der Waals surface area contributed by atoms with E-state index in [2.05, 4.69) is 0 Å². The zero-order valence-corrected chi connectivity index (χ0v) is 15.9. The summed E-state index contributed by atoms with van der Waals surface area (Å²) in [6.07, 6.45) is 2.87. The van der Waals surface area contributed by atoms with Crippen LogP contribution in [-0.4, -0.2) is 58.9 Å². The van der Waals surface area contributed by atoms with Crippen LogP contribution in [0.4, 0.5) is 0 Å². The molecule has 1 N–H and O–H groups in total. The third-order valence-corrected chi connectivity index (χ3v) is 5.85. The Morgan fingerprint density at radius 2 is 1.41 bits per heavy atom. The van der Waals surface area contributed by atoms with Crippen LogP contribution in [0.2, 0.25) is 0 Å². The van der Waals surface area contributed by atoms with Crippen molar-refractivity contribution in [2.24, 2.45) is 11.8 Å². The molecule has 2 aliphatic rings. The van der Waals surface area contributed by atoms with Crippen molar-refractivity contribution in [1.82, 2.24) is 9.80 Å². The average Bonchev–Trinajstić information content (AvgIpc) is 2.69. The number of carbonyl (C=O) groups is 3. The molecule has 1 saturated carbocycles. The molecule has 1 saturated heterocycles. The predicted molar refractivity (Wildman–Crippen MR) is 101 cm³/mol. The minimum absolute atomic E-state index is 0.0598. The number of hydrogen-bond acceptors (Lipinski definition) is 3. The zero-order chi connectivity index (χ0) is 19.4. The normalized spacial score (nSPS) is 23.1. The van der Waals surface area contributed by atoms with Gasteiger partial charge in [-0.3, -0.25) is 14.4 Å². The number of amides is 2. The molecule has 2 amide bonds. The maximum Gasteiger partial charge on any atom is 0.306 e. The Balaban J connectivity index is 1.45. The third-order valence-electron chi connectivity index (χ3n) is 5.85. The lowest BCUT2D eigenvalue weighted by Gasteiger charge is -2.37. The second-order valence-electron chi connectivity index (χ2n) is 7.76. The van der Waals surface area contributed by atoms with Gasteiger partial charge in [-0.2, -0.15) is 0 Å². The molecule has 0 radical (unpaired) electrons. The lowest BCUT2D eigenvalue weighted by Crippen LogP contribution is -2.52. The molecule has 27 heavy (non-hydrogen) atoms. The Morgan fingerprint density at radius 1 is 0.889 bits per heavy atom. The molecular weight excluding hydrogens is 344 g/mol. The van der Waals surface area contributed by atoms with Crippen LogP contribution in [0.3, 0.4) is 0 Å². The first-order valence-corrected chi connectivity index (χ1v) is 9.79. The fourth-order valence-corrected chi connectivity index (χ4v) is 4.01. The molecule has 1 aromatic rings. The first-order chi connectivity index (χ1) is 12.9. The lowest BCUT2D eigenvalue weighted by atomic mass is 9.81. The van der Waals surface area contributed by atoms with Crippen molar-refractivity contribution >= 4 is 17.8 Å². The third kappa shape index (κ3) is 4.87. The molecular formula is C21H28N2O4. The molecule has 6 heteroatoms. The van der Waals surface area contributed by atoms with E-state index in [1.807, 2.05) is 41.0 Å². The van der Waals surface area contributed by atoms with Gasteiger partial charge in [0.05, 0.1) is 12.3 Å². The van der Waals surface area contributed by atoms with Gasteiger partial charge in [0.2, 0.25) is 11.8 Å². The summed E-state index contributed by atoms with van der Waals surface area (Å²) in [5, 5.41) is 9.08. The smallest absolute Gasteiger partial charge is 0.306 e. The van der Waals surface area contributed by atoms with Crippen molar-refractivity contribution < 1.29 is 19.5 Å². The van der Waals surface area contributed by atoms with Crippen LogP contribution >= 0.6 is 0 Å². The highest BCUT2D eigenvalue weighted by Gasteiger charge is 2.33. The second-order valence-corrected chi connectivity index (χ2v) is 7.76. The van der Waals surface area contributed by atoms with E-state index in [9.17, 15) is 14.4 Å². The Morgan fingerprint density at radius 3 is 1.96 bits per heavy atom. The minimum atomic E-state index is -0.749. The quantitative estimate of drug-likeness (QED) is 0.878. The summed E-state index contributed by atoms with van der Waals surface area (Å²) >= 11 is 0. The van der Waals surface area contributed by atoms with Crippen LogP contribution in [-0.2, 0) is 20.8 Å². The van der Waals surface area contributed by atoms with Gasteiger partial charge in [-0.1, -0.05) is 29.8 Å². The fourth-order valence-electron chi connectivity index (χ4n) is 4.01. The monoisotopic (exact) mass is 372 g/mol. The van der Waals surface area contributed by atoms with E-state index in [1.54, 1.807) is 0 Å². The molecule has 1 heterocycles. The number of benzene rings is 1. The van der Waals surface area contributed by atoms with Gasteiger partial charge in [0.15, 0.2) is 0 Å². The van der Waals surface area contributed by atoms with Gasteiger partial charge < -0.3 is 14.9 Å². The largest absolute Gasteiger partial charge is 0.481 e. The summed E-state index contributed by atoms with van der Waals surface area (Å²) in [4.78, 5) is 39.9. The minimum Gasteiger partial charge on any atom is -0.481 e. The summed E-state index contributed by atoms with van der Waals surface area (Å²) in [5.41, 5.74) is 2.19. The van der Waals surface area contributed by atoms with Gasteiger partial charge in [-0.25, -0.2) is 0 Å². The maximum absolute atomic E-state index is 12.7. The molecule has 1 aliphatic heterocycles. The Labute approximate surface area is 160 Å². The van der Waals surface area contributed by atoms with Gasteiger partial charge in [-0.15, -0.1) is 0 Å². The van der Waals surface area contributed by atoms with Crippen molar-refractivity contribution in [3.8, 4) is 0 Å². The average molecular weight is 372 g/mol.